The van der Waals surface area contributed by atoms with E-state index in [-0.39, 0.29) is 11.9 Å². The van der Waals surface area contributed by atoms with Gasteiger partial charge >= 0.3 is 0 Å². The van der Waals surface area contributed by atoms with Gasteiger partial charge in [0.2, 0.25) is 0 Å². The van der Waals surface area contributed by atoms with Gasteiger partial charge in [-0.1, -0.05) is 6.92 Å². The zero-order valence-corrected chi connectivity index (χ0v) is 12.3. The molecule has 0 heterocycles. The van der Waals surface area contributed by atoms with Gasteiger partial charge in [-0.15, -0.1) is 0 Å². The molecule has 2 rings (SSSR count). The Balaban J connectivity index is 2.16. The third-order valence-corrected chi connectivity index (χ3v) is 4.59. The Bertz CT molecular complexity index is 442. The van der Waals surface area contributed by atoms with E-state index >= 15 is 0 Å². The van der Waals surface area contributed by atoms with Crippen molar-refractivity contribution < 1.29 is 8.78 Å². The van der Waals surface area contributed by atoms with Gasteiger partial charge in [-0.05, 0) is 56.8 Å². The molecule has 20 heavy (non-hydrogen) atoms. The Morgan fingerprint density at radius 1 is 1.25 bits per heavy atom. The topological polar surface area (TPSA) is 29.3 Å². The maximum absolute atomic E-state index is 13.9. The van der Waals surface area contributed by atoms with E-state index in [0.29, 0.717) is 18.2 Å². The highest BCUT2D eigenvalue weighted by Crippen LogP contribution is 2.32. The maximum Gasteiger partial charge on any atom is 0.128 e. The molecule has 1 atom stereocenters. The number of hydrogen-bond donors (Lipinski definition) is 1. The molecule has 0 aliphatic heterocycles. The van der Waals surface area contributed by atoms with Gasteiger partial charge in [-0.2, -0.15) is 0 Å². The highest BCUT2D eigenvalue weighted by molar-refractivity contribution is 5.23. The normalized spacial score (nSPS) is 24.9. The first kappa shape index (κ1) is 15.4. The number of benzene rings is 1. The molecule has 4 heteroatoms. The summed E-state index contributed by atoms with van der Waals surface area (Å²) < 4.78 is 27.3. The summed E-state index contributed by atoms with van der Waals surface area (Å²) >= 11 is 0. The van der Waals surface area contributed by atoms with Gasteiger partial charge in [-0.25, -0.2) is 8.78 Å². The average Bonchev–Trinajstić information content (AvgIpc) is 2.44. The molecule has 1 fully saturated rings. The van der Waals surface area contributed by atoms with Crippen LogP contribution in [-0.2, 0) is 0 Å². The summed E-state index contributed by atoms with van der Waals surface area (Å²) in [6, 6.07) is 3.75. The van der Waals surface area contributed by atoms with E-state index in [1.54, 1.807) is 0 Å². The number of halogens is 2. The molecule has 2 nitrogen and oxygen atoms in total. The second-order valence-corrected chi connectivity index (χ2v) is 6.00. The fourth-order valence-electron chi connectivity index (χ4n) is 3.19. The molecule has 1 aliphatic carbocycles. The number of hydrogen-bond acceptors (Lipinski definition) is 2. The van der Waals surface area contributed by atoms with Crippen LogP contribution in [0.5, 0.6) is 0 Å². The summed E-state index contributed by atoms with van der Waals surface area (Å²) in [4.78, 5) is 2.13. The molecule has 1 aromatic carbocycles. The first-order valence-electron chi connectivity index (χ1n) is 7.40. The average molecular weight is 282 g/mol. The van der Waals surface area contributed by atoms with Crippen LogP contribution in [0.3, 0.4) is 0 Å². The summed E-state index contributed by atoms with van der Waals surface area (Å²) in [5.74, 6) is -0.0229. The van der Waals surface area contributed by atoms with E-state index in [4.69, 9.17) is 5.73 Å². The molecule has 1 saturated carbocycles. The van der Waals surface area contributed by atoms with Crippen molar-refractivity contribution in [3.8, 4) is 0 Å². The molecule has 0 radical (unpaired) electrons. The smallest absolute Gasteiger partial charge is 0.128 e. The second-order valence-electron chi connectivity index (χ2n) is 6.00. The SMILES string of the molecule is CC1CCC(N(C)C(CN)c2cc(F)ccc2F)CC1. The summed E-state index contributed by atoms with van der Waals surface area (Å²) in [6.45, 7) is 2.56. The number of nitrogens with zero attached hydrogens (tertiary/aromatic N) is 1. The number of likely N-dealkylation sites (N-methyl/N-ethyl adjacent to an activating group) is 1. The van der Waals surface area contributed by atoms with Crippen LogP contribution in [0.25, 0.3) is 0 Å². The zero-order chi connectivity index (χ0) is 14.7. The molecule has 0 bridgehead atoms. The maximum atomic E-state index is 13.9. The number of nitrogens with two attached hydrogens (primary N) is 1. The van der Waals surface area contributed by atoms with Crippen LogP contribution in [0.1, 0.15) is 44.2 Å². The first-order valence-corrected chi connectivity index (χ1v) is 7.40. The van der Waals surface area contributed by atoms with E-state index in [2.05, 4.69) is 11.8 Å². The highest BCUT2D eigenvalue weighted by atomic mass is 19.1. The van der Waals surface area contributed by atoms with Crippen molar-refractivity contribution >= 4 is 0 Å². The Kier molecular flexibility index (Phi) is 5.11. The van der Waals surface area contributed by atoms with Crippen LogP contribution in [0.4, 0.5) is 8.78 Å². The molecule has 112 valence electrons. The lowest BCUT2D eigenvalue weighted by Gasteiger charge is -2.38. The van der Waals surface area contributed by atoms with Gasteiger partial charge < -0.3 is 5.73 Å². The van der Waals surface area contributed by atoms with Crippen molar-refractivity contribution in [2.24, 2.45) is 11.7 Å². The van der Waals surface area contributed by atoms with E-state index in [1.165, 1.54) is 25.0 Å². The Morgan fingerprint density at radius 3 is 2.50 bits per heavy atom. The number of rotatable bonds is 4. The first-order chi connectivity index (χ1) is 9.52. The van der Waals surface area contributed by atoms with Gasteiger partial charge in [0.15, 0.2) is 0 Å². The van der Waals surface area contributed by atoms with Gasteiger partial charge in [0.25, 0.3) is 0 Å². The molecule has 0 amide bonds. The molecular formula is C16H24F2N2. The molecular weight excluding hydrogens is 258 g/mol. The third-order valence-electron chi connectivity index (χ3n) is 4.59. The van der Waals surface area contributed by atoms with Crippen LogP contribution in [0.2, 0.25) is 0 Å². The van der Waals surface area contributed by atoms with Crippen LogP contribution >= 0.6 is 0 Å². The molecule has 1 aromatic rings. The summed E-state index contributed by atoms with van der Waals surface area (Å²) in [5.41, 5.74) is 6.20. The summed E-state index contributed by atoms with van der Waals surface area (Å²) in [5, 5.41) is 0. The van der Waals surface area contributed by atoms with E-state index in [0.717, 1.165) is 24.8 Å². The quantitative estimate of drug-likeness (QED) is 0.916. The molecule has 1 unspecified atom stereocenters. The van der Waals surface area contributed by atoms with Crippen molar-refractivity contribution in [1.82, 2.24) is 4.90 Å². The van der Waals surface area contributed by atoms with Crippen LogP contribution in [0, 0.1) is 17.6 Å². The standard InChI is InChI=1S/C16H24F2N2/c1-11-3-6-13(7-4-11)20(2)16(10-19)14-9-12(17)5-8-15(14)18/h5,8-9,11,13,16H,3-4,6-7,10,19H2,1-2H3. The van der Waals surface area contributed by atoms with E-state index < -0.39 is 5.82 Å². The lowest BCUT2D eigenvalue weighted by atomic mass is 9.86. The largest absolute Gasteiger partial charge is 0.329 e. The van der Waals surface area contributed by atoms with Crippen molar-refractivity contribution in [3.63, 3.8) is 0 Å². The minimum absolute atomic E-state index is 0.260. The summed E-state index contributed by atoms with van der Waals surface area (Å²) in [6.07, 6.45) is 4.59. The van der Waals surface area contributed by atoms with Crippen LogP contribution in [-0.4, -0.2) is 24.5 Å². The second kappa shape index (κ2) is 6.64. The molecule has 1 aliphatic rings. The Hall–Kier alpha value is -1.00. The molecule has 2 N–H and O–H groups in total. The Labute approximate surface area is 120 Å². The van der Waals surface area contributed by atoms with Crippen molar-refractivity contribution in [2.45, 2.75) is 44.7 Å². The predicted octanol–water partition coefficient (Wildman–Crippen LogP) is 3.48. The summed E-state index contributed by atoms with van der Waals surface area (Å²) in [7, 11) is 1.97. The third kappa shape index (κ3) is 3.36. The lowest BCUT2D eigenvalue weighted by molar-refractivity contribution is 0.124. The molecule has 0 saturated heterocycles. The van der Waals surface area contributed by atoms with Crippen molar-refractivity contribution in [1.29, 1.82) is 0 Å². The van der Waals surface area contributed by atoms with Gasteiger partial charge in [-0.3, -0.25) is 4.90 Å². The van der Waals surface area contributed by atoms with Crippen molar-refractivity contribution in [2.75, 3.05) is 13.6 Å². The van der Waals surface area contributed by atoms with Gasteiger partial charge in [0.1, 0.15) is 11.6 Å². The molecule has 0 aromatic heterocycles. The van der Waals surface area contributed by atoms with Crippen LogP contribution in [0.15, 0.2) is 18.2 Å². The van der Waals surface area contributed by atoms with Crippen molar-refractivity contribution in [3.05, 3.63) is 35.4 Å². The fraction of sp³-hybridized carbons (Fsp3) is 0.625. The fourth-order valence-corrected chi connectivity index (χ4v) is 3.19. The minimum Gasteiger partial charge on any atom is -0.329 e. The van der Waals surface area contributed by atoms with Crippen LogP contribution < -0.4 is 5.73 Å². The van der Waals surface area contributed by atoms with Gasteiger partial charge in [0, 0.05) is 24.2 Å². The lowest BCUT2D eigenvalue weighted by Crippen LogP contribution is -2.40. The van der Waals surface area contributed by atoms with E-state index in [1.807, 2.05) is 7.05 Å². The Morgan fingerprint density at radius 2 is 1.90 bits per heavy atom. The predicted molar refractivity (Wildman–Crippen MR) is 77.3 cm³/mol. The van der Waals surface area contributed by atoms with Gasteiger partial charge in [0.05, 0.1) is 0 Å². The minimum atomic E-state index is -0.412. The van der Waals surface area contributed by atoms with E-state index in [9.17, 15) is 8.78 Å². The monoisotopic (exact) mass is 282 g/mol. The highest BCUT2D eigenvalue weighted by Gasteiger charge is 2.28. The molecule has 0 spiro atoms. The zero-order valence-electron chi connectivity index (χ0n) is 12.3.